The highest BCUT2D eigenvalue weighted by Crippen LogP contribution is 2.31. The normalized spacial score (nSPS) is 14.5. The van der Waals surface area contributed by atoms with E-state index in [1.54, 1.807) is 72.8 Å². The number of fused-ring (bicyclic) bond motifs is 1. The summed E-state index contributed by atoms with van der Waals surface area (Å²) in [5.74, 6) is -1.94. The molecule has 2 heterocycles. The topological polar surface area (TPSA) is 189 Å². The molecule has 2 aliphatic heterocycles. The van der Waals surface area contributed by atoms with Crippen molar-refractivity contribution in [2.45, 2.75) is 38.6 Å². The van der Waals surface area contributed by atoms with Crippen molar-refractivity contribution in [3.63, 3.8) is 0 Å². The van der Waals surface area contributed by atoms with Gasteiger partial charge < -0.3 is 25.4 Å². The molecule has 14 heteroatoms. The average Bonchev–Trinajstić information content (AvgIpc) is 3.50. The second-order valence-corrected chi connectivity index (χ2v) is 13.6. The first-order chi connectivity index (χ1) is 28.6. The highest BCUT2D eigenvalue weighted by Gasteiger charge is 2.44. The Hall–Kier alpha value is -7.87. The number of hydrogen-bond donors (Lipinski definition) is 4. The van der Waals surface area contributed by atoms with Crippen LogP contribution in [0.5, 0.6) is 17.2 Å². The number of hydrogen-bond acceptors (Lipinski definition) is 9. The number of para-hydroxylation sites is 2. The lowest BCUT2D eigenvalue weighted by Gasteiger charge is -2.27. The van der Waals surface area contributed by atoms with E-state index in [0.717, 1.165) is 21.6 Å². The van der Waals surface area contributed by atoms with Gasteiger partial charge in [-0.1, -0.05) is 55.1 Å². The van der Waals surface area contributed by atoms with E-state index < -0.39 is 35.6 Å². The summed E-state index contributed by atoms with van der Waals surface area (Å²) in [5.41, 5.74) is 3.78. The molecule has 0 radical (unpaired) electrons. The molecule has 14 nitrogen and oxygen atoms in total. The van der Waals surface area contributed by atoms with Crippen molar-refractivity contribution in [3.8, 4) is 17.2 Å². The molecule has 0 aromatic heterocycles. The molecule has 4 N–H and O–H groups in total. The lowest BCUT2D eigenvalue weighted by atomic mass is 10.0. The molecule has 0 bridgehead atoms. The monoisotopic (exact) mass is 791 g/mol. The first-order valence-corrected chi connectivity index (χ1v) is 18.6. The second-order valence-electron chi connectivity index (χ2n) is 13.6. The number of nitrogens with one attached hydrogen (secondary N) is 4. The van der Waals surface area contributed by atoms with Crippen LogP contribution in [0.25, 0.3) is 0 Å². The maximum absolute atomic E-state index is 13.1. The van der Waals surface area contributed by atoms with Crippen LogP contribution in [0.3, 0.4) is 0 Å². The van der Waals surface area contributed by atoms with E-state index in [-0.39, 0.29) is 54.5 Å². The zero-order valence-electron chi connectivity index (χ0n) is 31.5. The van der Waals surface area contributed by atoms with E-state index in [2.05, 4.69) is 27.8 Å². The number of amides is 7. The highest BCUT2D eigenvalue weighted by atomic mass is 16.5. The third-order valence-corrected chi connectivity index (χ3v) is 9.64. The van der Waals surface area contributed by atoms with Gasteiger partial charge in [0.1, 0.15) is 24.1 Å². The van der Waals surface area contributed by atoms with Crippen LogP contribution in [0.15, 0.2) is 128 Å². The van der Waals surface area contributed by atoms with Crippen LogP contribution in [0.4, 0.5) is 5.69 Å². The van der Waals surface area contributed by atoms with Crippen LogP contribution in [-0.2, 0) is 34.1 Å². The Morgan fingerprint density at radius 3 is 2.05 bits per heavy atom. The van der Waals surface area contributed by atoms with Gasteiger partial charge in [-0.15, -0.1) is 0 Å². The van der Waals surface area contributed by atoms with Crippen LogP contribution < -0.4 is 30.7 Å². The number of imide groups is 2. The van der Waals surface area contributed by atoms with Gasteiger partial charge in [0.25, 0.3) is 23.6 Å². The number of piperidine rings is 1. The molecule has 1 atom stereocenters. The van der Waals surface area contributed by atoms with Crippen molar-refractivity contribution >= 4 is 47.0 Å². The number of anilines is 1. The molecule has 0 saturated carbocycles. The number of rotatable bonds is 14. The van der Waals surface area contributed by atoms with Gasteiger partial charge in [-0.3, -0.25) is 43.8 Å². The molecule has 1 saturated heterocycles. The van der Waals surface area contributed by atoms with Gasteiger partial charge in [0, 0.05) is 30.6 Å². The molecule has 1 fully saturated rings. The van der Waals surface area contributed by atoms with E-state index >= 15 is 0 Å². The Bertz CT molecular complexity index is 2480. The van der Waals surface area contributed by atoms with Gasteiger partial charge >= 0.3 is 0 Å². The molecule has 7 amide bonds. The Morgan fingerprint density at radius 1 is 0.712 bits per heavy atom. The Morgan fingerprint density at radius 2 is 1.34 bits per heavy atom. The van der Waals surface area contributed by atoms with Crippen molar-refractivity contribution in [2.75, 3.05) is 5.32 Å². The third kappa shape index (κ3) is 9.24. The van der Waals surface area contributed by atoms with Crippen molar-refractivity contribution in [1.29, 1.82) is 0 Å². The van der Waals surface area contributed by atoms with Gasteiger partial charge in [-0.25, -0.2) is 0 Å². The number of ether oxygens (including phenoxy) is 2. The summed E-state index contributed by atoms with van der Waals surface area (Å²) in [5, 5.41) is 10.6. The summed E-state index contributed by atoms with van der Waals surface area (Å²) in [6.45, 7) is 4.23. The van der Waals surface area contributed by atoms with Crippen LogP contribution in [0, 0.1) is 0 Å². The Labute approximate surface area is 338 Å². The molecule has 5 aromatic carbocycles. The van der Waals surface area contributed by atoms with Gasteiger partial charge in [0.2, 0.25) is 17.7 Å². The lowest BCUT2D eigenvalue weighted by Crippen LogP contribution is -2.54. The molecule has 1 unspecified atom stereocenters. The summed E-state index contributed by atoms with van der Waals surface area (Å²) < 4.78 is 12.1. The Balaban J connectivity index is 0.877. The standard InChI is InChI=1S/C45H37N5O9/c1-2-39(51)46-24-28-11-13-30(14-12-28)42(54)48-36-5-3-4-6-38(36)59-33-18-16-32(17-19-33)58-26-29-9-7-27(8-10-29)25-47-41(53)31-15-20-34-35(23-31)45(57)50(44(34)56)37-21-22-40(52)49-43(37)55/h2-20,23,37H,1,21-22,24-26H2,(H,46,51)(H,47,53)(H,48,54)(H,49,52,55). The second kappa shape index (κ2) is 17.5. The van der Waals surface area contributed by atoms with Crippen molar-refractivity contribution in [1.82, 2.24) is 20.9 Å². The minimum Gasteiger partial charge on any atom is -0.489 e. The van der Waals surface area contributed by atoms with E-state index in [9.17, 15) is 33.6 Å². The average molecular weight is 792 g/mol. The minimum atomic E-state index is -1.09. The molecular weight excluding hydrogens is 755 g/mol. The highest BCUT2D eigenvalue weighted by molar-refractivity contribution is 6.24. The van der Waals surface area contributed by atoms with Crippen LogP contribution in [-0.4, -0.2) is 52.3 Å². The van der Waals surface area contributed by atoms with Crippen LogP contribution >= 0.6 is 0 Å². The Kier molecular flexibility index (Phi) is 11.7. The number of benzene rings is 5. The molecule has 296 valence electrons. The molecule has 59 heavy (non-hydrogen) atoms. The number of nitrogens with zero attached hydrogens (tertiary/aromatic N) is 1. The SMILES string of the molecule is C=CC(=O)NCc1ccc(C(=O)Nc2ccccc2Oc2ccc(OCc3ccc(CNC(=O)c4ccc5c(c4)C(=O)N(C4CCC(=O)NC4=O)C5=O)cc3)cc2)cc1. The fourth-order valence-corrected chi connectivity index (χ4v) is 6.44. The van der Waals surface area contributed by atoms with Crippen molar-refractivity contribution < 1.29 is 43.0 Å². The van der Waals surface area contributed by atoms with Gasteiger partial charge in [0.15, 0.2) is 5.75 Å². The molecule has 7 rings (SSSR count). The lowest BCUT2D eigenvalue weighted by molar-refractivity contribution is -0.136. The minimum absolute atomic E-state index is 0.0132. The summed E-state index contributed by atoms with van der Waals surface area (Å²) in [6, 6.07) is 31.6. The van der Waals surface area contributed by atoms with Gasteiger partial charge in [-0.05, 0) is 95.9 Å². The predicted octanol–water partition coefficient (Wildman–Crippen LogP) is 5.44. The molecule has 2 aliphatic rings. The molecule has 5 aromatic rings. The zero-order valence-corrected chi connectivity index (χ0v) is 31.5. The summed E-state index contributed by atoms with van der Waals surface area (Å²) in [4.78, 5) is 88.3. The van der Waals surface area contributed by atoms with Gasteiger partial charge in [-0.2, -0.15) is 0 Å². The van der Waals surface area contributed by atoms with E-state index in [0.29, 0.717) is 35.0 Å². The maximum Gasteiger partial charge on any atom is 0.262 e. The first-order valence-electron chi connectivity index (χ1n) is 18.6. The quantitative estimate of drug-likeness (QED) is 0.0838. The smallest absolute Gasteiger partial charge is 0.262 e. The predicted molar refractivity (Wildman–Crippen MR) is 214 cm³/mol. The van der Waals surface area contributed by atoms with Crippen LogP contribution in [0.1, 0.15) is 71.0 Å². The zero-order chi connectivity index (χ0) is 41.5. The van der Waals surface area contributed by atoms with Crippen LogP contribution in [0.2, 0.25) is 0 Å². The fraction of sp³-hybridized carbons (Fsp3) is 0.133. The van der Waals surface area contributed by atoms with Gasteiger partial charge in [0.05, 0.1) is 16.8 Å². The van der Waals surface area contributed by atoms with Crippen molar-refractivity contribution in [2.24, 2.45) is 0 Å². The number of carbonyl (C=O) groups is 7. The summed E-state index contributed by atoms with van der Waals surface area (Å²) in [7, 11) is 0. The van der Waals surface area contributed by atoms with E-state index in [1.165, 1.54) is 24.3 Å². The van der Waals surface area contributed by atoms with E-state index in [4.69, 9.17) is 9.47 Å². The molecule has 0 spiro atoms. The molecular formula is C45H37N5O9. The first kappa shape index (κ1) is 39.4. The fourth-order valence-electron chi connectivity index (χ4n) is 6.44. The largest absolute Gasteiger partial charge is 0.489 e. The summed E-state index contributed by atoms with van der Waals surface area (Å²) in [6.07, 6.45) is 1.25. The van der Waals surface area contributed by atoms with E-state index in [1.807, 2.05) is 24.3 Å². The molecule has 0 aliphatic carbocycles. The van der Waals surface area contributed by atoms with Crippen molar-refractivity contribution in [3.05, 3.63) is 167 Å². The maximum atomic E-state index is 13.1. The third-order valence-electron chi connectivity index (χ3n) is 9.64. The number of carbonyl (C=O) groups excluding carboxylic acids is 7. The summed E-state index contributed by atoms with van der Waals surface area (Å²) >= 11 is 0.